The van der Waals surface area contributed by atoms with Gasteiger partial charge in [0.05, 0.1) is 10.9 Å². The van der Waals surface area contributed by atoms with Crippen molar-refractivity contribution >= 4 is 34.1 Å². The summed E-state index contributed by atoms with van der Waals surface area (Å²) in [5.74, 6) is -0.212. The van der Waals surface area contributed by atoms with Crippen LogP contribution in [0.5, 0.6) is 0 Å². The number of hydrogen-bond donors (Lipinski definition) is 2. The Kier molecular flexibility index (Phi) is 8.83. The van der Waals surface area contributed by atoms with Crippen LogP contribution in [-0.4, -0.2) is 59.6 Å². The molecular weight excluding hydrogens is 478 g/mol. The van der Waals surface area contributed by atoms with E-state index in [1.54, 1.807) is 18.2 Å². The Morgan fingerprint density at radius 1 is 1.00 bits per heavy atom. The molecule has 2 heterocycles. The minimum Gasteiger partial charge on any atom is -0.369 e. The van der Waals surface area contributed by atoms with E-state index in [1.165, 1.54) is 4.57 Å². The van der Waals surface area contributed by atoms with Crippen molar-refractivity contribution < 1.29 is 4.79 Å². The number of nitrogens with one attached hydrogen (secondary N) is 2. The lowest BCUT2D eigenvalue weighted by Gasteiger charge is -2.36. The third-order valence-corrected chi connectivity index (χ3v) is 6.95. The first kappa shape index (κ1) is 26.0. The number of aromatic nitrogens is 2. The monoisotopic (exact) mass is 511 g/mol. The fourth-order valence-corrected chi connectivity index (χ4v) is 4.81. The third kappa shape index (κ3) is 6.36. The zero-order valence-electron chi connectivity index (χ0n) is 20.8. The van der Waals surface area contributed by atoms with Gasteiger partial charge in [-0.05, 0) is 55.8 Å². The number of anilines is 1. The molecular formula is C27H34ClN5O3. The van der Waals surface area contributed by atoms with E-state index in [-0.39, 0.29) is 11.5 Å². The number of benzene rings is 2. The fraction of sp³-hybridized carbons (Fsp3) is 0.444. The van der Waals surface area contributed by atoms with Gasteiger partial charge in [-0.15, -0.1) is 0 Å². The van der Waals surface area contributed by atoms with E-state index in [1.807, 2.05) is 18.2 Å². The Hall–Kier alpha value is -3.10. The molecule has 3 aromatic rings. The minimum atomic E-state index is -0.434. The largest absolute Gasteiger partial charge is 0.369 e. The zero-order valence-corrected chi connectivity index (χ0v) is 21.5. The number of hydrogen-bond acceptors (Lipinski definition) is 5. The second-order valence-electron chi connectivity index (χ2n) is 9.27. The molecule has 192 valence electrons. The van der Waals surface area contributed by atoms with Crippen LogP contribution < -0.4 is 21.5 Å². The summed E-state index contributed by atoms with van der Waals surface area (Å²) in [5, 5.41) is 4.12. The van der Waals surface area contributed by atoms with E-state index in [9.17, 15) is 14.4 Å². The van der Waals surface area contributed by atoms with E-state index >= 15 is 0 Å². The maximum atomic E-state index is 12.7. The molecule has 1 saturated heterocycles. The first-order valence-corrected chi connectivity index (χ1v) is 13.1. The molecule has 36 heavy (non-hydrogen) atoms. The number of piperazine rings is 1. The Balaban J connectivity index is 1.26. The maximum absolute atomic E-state index is 12.7. The molecule has 0 saturated carbocycles. The van der Waals surface area contributed by atoms with Gasteiger partial charge in [0.2, 0.25) is 0 Å². The van der Waals surface area contributed by atoms with Crippen molar-refractivity contribution in [3.63, 3.8) is 0 Å². The van der Waals surface area contributed by atoms with Gasteiger partial charge in [0.25, 0.3) is 11.5 Å². The van der Waals surface area contributed by atoms with Gasteiger partial charge in [0.15, 0.2) is 0 Å². The second-order valence-corrected chi connectivity index (χ2v) is 9.71. The SMILES string of the molecule is CCCCCn1c(=O)[nH]c2cc(C(=O)NCCCN3CCN(c4cccc(Cl)c4)CC3)ccc2c1=O. The summed E-state index contributed by atoms with van der Waals surface area (Å²) in [7, 11) is 0. The van der Waals surface area contributed by atoms with Crippen molar-refractivity contribution in [2.45, 2.75) is 39.2 Å². The quantitative estimate of drug-likeness (QED) is 0.407. The molecule has 1 amide bonds. The van der Waals surface area contributed by atoms with E-state index in [4.69, 9.17) is 11.6 Å². The van der Waals surface area contributed by atoms with Gasteiger partial charge < -0.3 is 15.2 Å². The number of aromatic amines is 1. The molecule has 1 aliphatic heterocycles. The molecule has 0 bridgehead atoms. The standard InChI is InChI=1S/C27H34ClN5O3/c1-2-3-4-13-33-26(35)23-10-9-20(18-24(23)30-27(33)36)25(34)29-11-6-12-31-14-16-32(17-15-31)22-8-5-7-21(28)19-22/h5,7-10,18-19H,2-4,6,11-17H2,1H3,(H,29,34)(H,30,36). The van der Waals surface area contributed by atoms with Gasteiger partial charge in [-0.25, -0.2) is 4.79 Å². The molecule has 0 spiro atoms. The molecule has 4 rings (SSSR count). The molecule has 1 aromatic heterocycles. The summed E-state index contributed by atoms with van der Waals surface area (Å²) in [6.07, 6.45) is 3.60. The number of nitrogens with zero attached hydrogens (tertiary/aromatic N) is 3. The molecule has 1 fully saturated rings. The molecule has 0 unspecified atom stereocenters. The molecule has 2 N–H and O–H groups in total. The topological polar surface area (TPSA) is 90.4 Å². The van der Waals surface area contributed by atoms with Gasteiger partial charge in [0, 0.05) is 55.5 Å². The lowest BCUT2D eigenvalue weighted by atomic mass is 10.1. The van der Waals surface area contributed by atoms with Gasteiger partial charge in [0.1, 0.15) is 0 Å². The Morgan fingerprint density at radius 3 is 2.56 bits per heavy atom. The number of rotatable bonds is 10. The number of halogens is 1. The van der Waals surface area contributed by atoms with E-state index in [0.717, 1.165) is 69.1 Å². The molecule has 8 nitrogen and oxygen atoms in total. The van der Waals surface area contributed by atoms with Crippen LogP contribution in [-0.2, 0) is 6.54 Å². The molecule has 0 radical (unpaired) electrons. The predicted molar refractivity (Wildman–Crippen MR) is 145 cm³/mol. The number of H-pyrrole nitrogens is 1. The lowest BCUT2D eigenvalue weighted by molar-refractivity contribution is 0.0951. The molecule has 0 aliphatic carbocycles. The lowest BCUT2D eigenvalue weighted by Crippen LogP contribution is -2.47. The number of unbranched alkanes of at least 4 members (excludes halogenated alkanes) is 2. The van der Waals surface area contributed by atoms with Gasteiger partial charge in [-0.3, -0.25) is 19.1 Å². The van der Waals surface area contributed by atoms with Gasteiger partial charge in [-0.1, -0.05) is 37.4 Å². The fourth-order valence-electron chi connectivity index (χ4n) is 4.63. The first-order chi connectivity index (χ1) is 17.5. The van der Waals surface area contributed by atoms with Gasteiger partial charge in [-0.2, -0.15) is 0 Å². The highest BCUT2D eigenvalue weighted by atomic mass is 35.5. The molecule has 2 aromatic carbocycles. The minimum absolute atomic E-state index is 0.212. The predicted octanol–water partition coefficient (Wildman–Crippen LogP) is 3.48. The Morgan fingerprint density at radius 2 is 1.81 bits per heavy atom. The number of carbonyl (C=O) groups is 1. The summed E-state index contributed by atoms with van der Waals surface area (Å²) in [6, 6.07) is 12.8. The van der Waals surface area contributed by atoms with Crippen molar-refractivity contribution in [1.29, 1.82) is 0 Å². The Bertz CT molecular complexity index is 1310. The number of carbonyl (C=O) groups excluding carboxylic acids is 1. The van der Waals surface area contributed by atoms with Crippen molar-refractivity contribution in [3.8, 4) is 0 Å². The highest BCUT2D eigenvalue weighted by Gasteiger charge is 2.17. The smallest absolute Gasteiger partial charge is 0.328 e. The molecule has 0 atom stereocenters. The van der Waals surface area contributed by atoms with Crippen LogP contribution >= 0.6 is 11.6 Å². The maximum Gasteiger partial charge on any atom is 0.328 e. The van der Waals surface area contributed by atoms with E-state index < -0.39 is 5.69 Å². The van der Waals surface area contributed by atoms with Crippen molar-refractivity contribution in [2.75, 3.05) is 44.2 Å². The second kappa shape index (κ2) is 12.2. The van der Waals surface area contributed by atoms with Crippen LogP contribution in [0, 0.1) is 0 Å². The molecule has 1 aliphatic rings. The summed E-state index contributed by atoms with van der Waals surface area (Å²) in [6.45, 7) is 7.76. The van der Waals surface area contributed by atoms with Crippen molar-refractivity contribution in [3.05, 3.63) is 73.9 Å². The third-order valence-electron chi connectivity index (χ3n) is 6.71. The molecule has 9 heteroatoms. The Labute approximate surface area is 215 Å². The van der Waals surface area contributed by atoms with E-state index in [0.29, 0.717) is 29.6 Å². The summed E-state index contributed by atoms with van der Waals surface area (Å²) < 4.78 is 1.24. The van der Waals surface area contributed by atoms with Crippen molar-refractivity contribution in [2.24, 2.45) is 0 Å². The highest BCUT2D eigenvalue weighted by Crippen LogP contribution is 2.20. The number of fused-ring (bicyclic) bond motifs is 1. The highest BCUT2D eigenvalue weighted by molar-refractivity contribution is 6.30. The summed E-state index contributed by atoms with van der Waals surface area (Å²) in [4.78, 5) is 45.3. The van der Waals surface area contributed by atoms with Crippen molar-refractivity contribution in [1.82, 2.24) is 19.8 Å². The zero-order chi connectivity index (χ0) is 25.5. The van der Waals surface area contributed by atoms with Crippen LogP contribution in [0.4, 0.5) is 5.69 Å². The van der Waals surface area contributed by atoms with Crippen LogP contribution in [0.1, 0.15) is 43.0 Å². The van der Waals surface area contributed by atoms with Crippen LogP contribution in [0.2, 0.25) is 5.02 Å². The summed E-state index contributed by atoms with van der Waals surface area (Å²) >= 11 is 6.11. The summed E-state index contributed by atoms with van der Waals surface area (Å²) in [5.41, 5.74) is 1.23. The van der Waals surface area contributed by atoms with E-state index in [2.05, 4.69) is 33.1 Å². The van der Waals surface area contributed by atoms with Gasteiger partial charge >= 0.3 is 5.69 Å². The first-order valence-electron chi connectivity index (χ1n) is 12.7. The average Bonchev–Trinajstić information content (AvgIpc) is 2.88. The van der Waals surface area contributed by atoms with Crippen LogP contribution in [0.25, 0.3) is 10.9 Å². The van der Waals surface area contributed by atoms with Crippen LogP contribution in [0.15, 0.2) is 52.1 Å². The normalized spacial score (nSPS) is 14.3. The number of amides is 1. The average molecular weight is 512 g/mol. The van der Waals surface area contributed by atoms with Crippen LogP contribution in [0.3, 0.4) is 0 Å².